The van der Waals surface area contributed by atoms with Gasteiger partial charge in [0.25, 0.3) is 11.8 Å². The van der Waals surface area contributed by atoms with Crippen LogP contribution in [0.2, 0.25) is 25.7 Å². The summed E-state index contributed by atoms with van der Waals surface area (Å²) < 4.78 is 8.26. The van der Waals surface area contributed by atoms with Crippen LogP contribution < -0.4 is 16.0 Å². The van der Waals surface area contributed by atoms with Gasteiger partial charge < -0.3 is 30.2 Å². The Morgan fingerprint density at radius 3 is 2.18 bits per heavy atom. The van der Waals surface area contributed by atoms with E-state index in [-0.39, 0.29) is 22.9 Å². The van der Waals surface area contributed by atoms with Crippen LogP contribution in [0.4, 0.5) is 11.5 Å². The van der Waals surface area contributed by atoms with Crippen LogP contribution in [0.5, 0.6) is 0 Å². The van der Waals surface area contributed by atoms with Crippen LogP contribution in [0.1, 0.15) is 68.0 Å². The summed E-state index contributed by atoms with van der Waals surface area (Å²) in [4.78, 5) is 49.9. The minimum Gasteiger partial charge on any atom is -0.361 e. The summed E-state index contributed by atoms with van der Waals surface area (Å²) in [5.74, 6) is 0.209. The van der Waals surface area contributed by atoms with Crippen LogP contribution in [-0.4, -0.2) is 72.0 Å². The molecule has 0 aliphatic heterocycles. The van der Waals surface area contributed by atoms with Crippen molar-refractivity contribution < 1.29 is 14.3 Å². The van der Waals surface area contributed by atoms with Gasteiger partial charge in [-0.3, -0.25) is 14.6 Å². The highest BCUT2D eigenvalue weighted by Gasteiger charge is 2.23. The molecule has 0 spiro atoms. The Balaban J connectivity index is 0.000000221. The summed E-state index contributed by atoms with van der Waals surface area (Å²) in [6.07, 6.45) is 8.37. The van der Waals surface area contributed by atoms with Crippen molar-refractivity contribution in [3.8, 4) is 0 Å². The average molecular weight is 752 g/mol. The molecule has 0 unspecified atom stereocenters. The molecule has 0 aromatic carbocycles. The van der Waals surface area contributed by atoms with Crippen molar-refractivity contribution in [2.24, 2.45) is 0 Å². The third-order valence-electron chi connectivity index (χ3n) is 6.79. The Morgan fingerprint density at radius 1 is 0.898 bits per heavy atom. The third kappa shape index (κ3) is 11.2. The van der Waals surface area contributed by atoms with Crippen molar-refractivity contribution in [3.05, 3.63) is 64.5 Å². The SMILES string of the molecule is CC(C)(C)NC(=O)c1cn(COCC[Si](C)(C)C)c2ncc(Br)nc12.Cc1ccc(Nc2cnc3[nH]cc(C(=O)NC(C)(C)C)c3n2)cn1. The Kier molecular flexibility index (Phi) is 11.6. The number of aromatic amines is 1. The third-order valence-corrected chi connectivity index (χ3v) is 8.88. The molecule has 0 radical (unpaired) electrons. The first-order valence-corrected chi connectivity index (χ1v) is 20.6. The van der Waals surface area contributed by atoms with Gasteiger partial charge in [0.15, 0.2) is 11.3 Å². The molecule has 0 fully saturated rings. The lowest BCUT2D eigenvalue weighted by Crippen LogP contribution is -2.40. The lowest BCUT2D eigenvalue weighted by molar-refractivity contribution is 0.0884. The summed E-state index contributed by atoms with van der Waals surface area (Å²) in [6, 6.07) is 4.92. The number of nitrogens with one attached hydrogen (secondary N) is 4. The highest BCUT2D eigenvalue weighted by atomic mass is 79.9. The van der Waals surface area contributed by atoms with Gasteiger partial charge in [-0.2, -0.15) is 0 Å². The number of hydrogen-bond acceptors (Lipinski definition) is 9. The number of pyridine rings is 1. The summed E-state index contributed by atoms with van der Waals surface area (Å²) in [5.41, 5.74) is 4.41. The van der Waals surface area contributed by atoms with Gasteiger partial charge in [-0.1, -0.05) is 19.6 Å². The zero-order chi connectivity index (χ0) is 36.1. The molecule has 262 valence electrons. The Hall–Kier alpha value is -4.21. The molecule has 13 nitrogen and oxygen atoms in total. The smallest absolute Gasteiger partial charge is 0.255 e. The van der Waals surface area contributed by atoms with Crippen LogP contribution in [0.15, 0.2) is 47.7 Å². The minimum atomic E-state index is -1.13. The normalized spacial score (nSPS) is 12.1. The molecule has 2 amide bonds. The van der Waals surface area contributed by atoms with Crippen LogP contribution >= 0.6 is 15.9 Å². The molecule has 5 heterocycles. The van der Waals surface area contributed by atoms with Crippen molar-refractivity contribution in [2.75, 3.05) is 11.9 Å². The number of anilines is 2. The van der Waals surface area contributed by atoms with E-state index in [1.54, 1.807) is 31.0 Å². The van der Waals surface area contributed by atoms with E-state index < -0.39 is 8.07 Å². The monoisotopic (exact) mass is 750 g/mol. The minimum absolute atomic E-state index is 0.161. The van der Waals surface area contributed by atoms with Gasteiger partial charge in [0.05, 0.1) is 35.4 Å². The van der Waals surface area contributed by atoms with Crippen LogP contribution in [0, 0.1) is 6.92 Å². The second kappa shape index (κ2) is 15.1. The zero-order valence-corrected chi connectivity index (χ0v) is 32.5. The largest absolute Gasteiger partial charge is 0.361 e. The molecule has 5 aromatic heterocycles. The lowest BCUT2D eigenvalue weighted by Gasteiger charge is -2.20. The molecule has 0 saturated heterocycles. The van der Waals surface area contributed by atoms with E-state index in [4.69, 9.17) is 4.74 Å². The Morgan fingerprint density at radius 2 is 1.57 bits per heavy atom. The van der Waals surface area contributed by atoms with Crippen molar-refractivity contribution in [1.82, 2.24) is 45.1 Å². The highest BCUT2D eigenvalue weighted by molar-refractivity contribution is 9.10. The number of aromatic nitrogens is 7. The summed E-state index contributed by atoms with van der Waals surface area (Å²) in [7, 11) is -1.13. The number of amides is 2. The average Bonchev–Trinajstić information content (AvgIpc) is 3.56. The second-order valence-corrected chi connectivity index (χ2v) is 21.5. The van der Waals surface area contributed by atoms with E-state index in [0.717, 1.165) is 17.4 Å². The number of ether oxygens (including phenoxy) is 1. The summed E-state index contributed by atoms with van der Waals surface area (Å²) >= 11 is 3.33. The van der Waals surface area contributed by atoms with Crippen molar-refractivity contribution >= 4 is 69.7 Å². The van der Waals surface area contributed by atoms with Crippen molar-refractivity contribution in [2.45, 2.75) is 92.0 Å². The molecule has 0 bridgehead atoms. The first-order chi connectivity index (χ1) is 22.8. The number of carbonyl (C=O) groups excluding carboxylic acids is 2. The van der Waals surface area contributed by atoms with Gasteiger partial charge in [0.1, 0.15) is 28.2 Å². The molecular formula is C34H47BrN10O3Si. The van der Waals surface area contributed by atoms with Crippen LogP contribution in [0.25, 0.3) is 22.3 Å². The molecule has 5 rings (SSSR count). The standard InChI is InChI=1S/C17H27BrN4O2Si.C17H20N6O/c1-17(2,3)21-16(23)12-10-22(11-24-7-8-25(4,5)6)15-14(12)20-13(18)9-19-15;1-10-5-6-11(7-18-10)21-13-9-20-15-14(22-13)12(8-19-15)16(24)23-17(2,3)4/h9-10H,7-8,11H2,1-6H3,(H,21,23);5-9H,1-4H3,(H,19,20)(H,21,22)(H,23,24). The lowest BCUT2D eigenvalue weighted by atomic mass is 10.1. The number of rotatable bonds is 9. The molecule has 0 atom stereocenters. The number of nitrogens with zero attached hydrogens (tertiary/aromatic N) is 6. The highest BCUT2D eigenvalue weighted by Crippen LogP contribution is 2.22. The molecule has 4 N–H and O–H groups in total. The first-order valence-electron chi connectivity index (χ1n) is 16.1. The number of hydrogen-bond donors (Lipinski definition) is 4. The Bertz CT molecular complexity index is 1920. The van der Waals surface area contributed by atoms with Gasteiger partial charge in [-0.25, -0.2) is 19.9 Å². The van der Waals surface area contributed by atoms with Gasteiger partial charge in [-0.05, 0) is 82.6 Å². The predicted octanol–water partition coefficient (Wildman–Crippen LogP) is 6.97. The van der Waals surface area contributed by atoms with E-state index in [2.05, 4.69) is 81.4 Å². The first kappa shape index (κ1) is 37.6. The number of carbonyl (C=O) groups is 2. The van der Waals surface area contributed by atoms with Gasteiger partial charge in [-0.15, -0.1) is 0 Å². The predicted molar refractivity (Wildman–Crippen MR) is 200 cm³/mol. The summed E-state index contributed by atoms with van der Waals surface area (Å²) in [6.45, 7) is 21.6. The van der Waals surface area contributed by atoms with E-state index in [1.807, 2.05) is 65.2 Å². The number of H-pyrrole nitrogens is 1. The molecule has 5 aromatic rings. The van der Waals surface area contributed by atoms with Crippen molar-refractivity contribution in [1.29, 1.82) is 0 Å². The number of aryl methyl sites for hydroxylation is 1. The maximum Gasteiger partial charge on any atom is 0.255 e. The summed E-state index contributed by atoms with van der Waals surface area (Å²) in [5, 5.41) is 9.05. The quantitative estimate of drug-likeness (QED) is 0.0920. The fourth-order valence-electron chi connectivity index (χ4n) is 4.47. The molecule has 15 heteroatoms. The fraction of sp³-hybridized carbons (Fsp3) is 0.441. The molecule has 0 aliphatic carbocycles. The van der Waals surface area contributed by atoms with E-state index in [1.165, 1.54) is 0 Å². The van der Waals surface area contributed by atoms with Crippen LogP contribution in [-0.2, 0) is 11.5 Å². The van der Waals surface area contributed by atoms with Gasteiger partial charge in [0, 0.05) is 43.8 Å². The van der Waals surface area contributed by atoms with Crippen LogP contribution in [0.3, 0.4) is 0 Å². The van der Waals surface area contributed by atoms with E-state index >= 15 is 0 Å². The fourth-order valence-corrected chi connectivity index (χ4v) is 5.50. The molecule has 49 heavy (non-hydrogen) atoms. The van der Waals surface area contributed by atoms with E-state index in [9.17, 15) is 9.59 Å². The maximum absolute atomic E-state index is 12.6. The zero-order valence-electron chi connectivity index (χ0n) is 29.9. The number of halogens is 1. The number of fused-ring (bicyclic) bond motifs is 2. The topological polar surface area (TPSA) is 165 Å². The molecule has 0 aliphatic rings. The Labute approximate surface area is 296 Å². The van der Waals surface area contributed by atoms with E-state index in [0.29, 0.717) is 57.2 Å². The maximum atomic E-state index is 12.6. The molecular weight excluding hydrogens is 704 g/mol. The van der Waals surface area contributed by atoms with Crippen molar-refractivity contribution in [3.63, 3.8) is 0 Å². The molecule has 0 saturated carbocycles. The second-order valence-electron chi connectivity index (χ2n) is 15.1. The van der Waals surface area contributed by atoms with Gasteiger partial charge >= 0.3 is 0 Å². The van der Waals surface area contributed by atoms with Gasteiger partial charge in [0.2, 0.25) is 0 Å².